The Morgan fingerprint density at radius 1 is 1.17 bits per heavy atom. The molecule has 0 bridgehead atoms. The first kappa shape index (κ1) is 24.0. The van der Waals surface area contributed by atoms with Gasteiger partial charge in [-0.1, -0.05) is 30.0 Å². The number of para-hydroxylation sites is 1. The van der Waals surface area contributed by atoms with Crippen LogP contribution in [0.25, 0.3) is 5.69 Å². The maximum atomic E-state index is 12.2. The number of aromatic nitrogens is 3. The number of amides is 3. The fourth-order valence-corrected chi connectivity index (χ4v) is 4.10. The van der Waals surface area contributed by atoms with Gasteiger partial charge in [-0.05, 0) is 54.2 Å². The van der Waals surface area contributed by atoms with Crippen LogP contribution in [0.15, 0.2) is 66.0 Å². The summed E-state index contributed by atoms with van der Waals surface area (Å²) < 4.78 is 8.65. The molecule has 11 nitrogen and oxygen atoms in total. The third-order valence-corrected chi connectivity index (χ3v) is 6.08. The molecule has 1 aliphatic rings. The summed E-state index contributed by atoms with van der Waals surface area (Å²) in [6.45, 7) is -0.103. The molecule has 1 aliphatic heterocycles. The second-order valence-electron chi connectivity index (χ2n) is 7.20. The number of benzene rings is 2. The molecule has 4 rings (SSSR count). The second kappa shape index (κ2) is 10.9. The minimum Gasteiger partial charge on any atom is -0.426 e. The molecule has 2 aromatic carbocycles. The normalized spacial score (nSPS) is 15.3. The van der Waals surface area contributed by atoms with Crippen molar-refractivity contribution in [2.24, 2.45) is 5.10 Å². The second-order valence-corrected chi connectivity index (χ2v) is 8.74. The topological polar surface area (TPSA) is 137 Å². The number of nitrogens with zero attached hydrogens (tertiary/aromatic N) is 4. The quantitative estimate of drug-likeness (QED) is 0.155. The van der Waals surface area contributed by atoms with E-state index >= 15 is 0 Å². The third-order valence-electron chi connectivity index (χ3n) is 4.69. The van der Waals surface area contributed by atoms with Crippen molar-refractivity contribution in [3.8, 4) is 11.4 Å². The number of carbonyl (C=O) groups is 4. The Kier molecular flexibility index (Phi) is 7.48. The highest BCUT2D eigenvalue weighted by atomic mass is 32.2. The predicted octanol–water partition coefficient (Wildman–Crippen LogP) is 2.20. The molecule has 0 aliphatic carbocycles. The van der Waals surface area contributed by atoms with Crippen molar-refractivity contribution in [3.63, 3.8) is 0 Å². The van der Waals surface area contributed by atoms with Crippen molar-refractivity contribution < 1.29 is 23.9 Å². The molecule has 1 unspecified atom stereocenters. The maximum absolute atomic E-state index is 12.2. The summed E-state index contributed by atoms with van der Waals surface area (Å²) in [5.41, 5.74) is 3.90. The molecule has 35 heavy (non-hydrogen) atoms. The molecule has 0 saturated carbocycles. The molecule has 0 spiro atoms. The molecule has 1 saturated heterocycles. The van der Waals surface area contributed by atoms with Gasteiger partial charge >= 0.3 is 5.97 Å². The minimum absolute atomic E-state index is 0.103. The van der Waals surface area contributed by atoms with Gasteiger partial charge in [-0.2, -0.15) is 10.2 Å². The molecule has 2 N–H and O–H groups in total. The number of rotatable bonds is 8. The summed E-state index contributed by atoms with van der Waals surface area (Å²) in [4.78, 5) is 46.9. The highest BCUT2D eigenvalue weighted by molar-refractivity contribution is 8.15. The Balaban J connectivity index is 1.26. The first-order valence-electron chi connectivity index (χ1n) is 10.2. The molecule has 3 aromatic rings. The van der Waals surface area contributed by atoms with Gasteiger partial charge in [-0.3, -0.25) is 29.1 Å². The van der Waals surface area contributed by atoms with Crippen molar-refractivity contribution in [3.05, 3.63) is 71.3 Å². The first-order valence-corrected chi connectivity index (χ1v) is 11.5. The monoisotopic (exact) mass is 510 g/mol. The van der Waals surface area contributed by atoms with Crippen LogP contribution < -0.4 is 15.5 Å². The fraction of sp³-hybridized carbons (Fsp3) is 0.136. The highest BCUT2D eigenvalue weighted by Gasteiger charge is 2.33. The largest absolute Gasteiger partial charge is 0.426 e. The molecular weight excluding hydrogens is 492 g/mol. The lowest BCUT2D eigenvalue weighted by molar-refractivity contribution is -0.135. The van der Waals surface area contributed by atoms with E-state index in [9.17, 15) is 19.2 Å². The van der Waals surface area contributed by atoms with Crippen molar-refractivity contribution >= 4 is 53.2 Å². The molecule has 1 fully saturated rings. The molecule has 1 atom stereocenters. The summed E-state index contributed by atoms with van der Waals surface area (Å²) in [7, 11) is 0. The van der Waals surface area contributed by atoms with Crippen LogP contribution in [0.1, 0.15) is 12.0 Å². The number of imide groups is 1. The van der Waals surface area contributed by atoms with Gasteiger partial charge in [0.05, 0.1) is 12.6 Å². The first-order chi connectivity index (χ1) is 16.9. The zero-order valence-corrected chi connectivity index (χ0v) is 19.6. The summed E-state index contributed by atoms with van der Waals surface area (Å²) >= 11 is 6.14. The van der Waals surface area contributed by atoms with Crippen LogP contribution in [-0.2, 0) is 20.9 Å². The Labute approximate surface area is 208 Å². The fourth-order valence-electron chi connectivity index (χ4n) is 3.04. The lowest BCUT2D eigenvalue weighted by atomic mass is 10.2. The van der Waals surface area contributed by atoms with Crippen LogP contribution in [0.2, 0.25) is 0 Å². The van der Waals surface area contributed by atoms with Crippen LogP contribution in [0, 0.1) is 4.77 Å². The number of hydrogen-bond acceptors (Lipinski definition) is 9. The van der Waals surface area contributed by atoms with E-state index in [0.717, 1.165) is 17.4 Å². The van der Waals surface area contributed by atoms with Crippen LogP contribution in [-0.4, -0.2) is 48.8 Å². The molecule has 13 heteroatoms. The van der Waals surface area contributed by atoms with E-state index in [1.165, 1.54) is 10.9 Å². The van der Waals surface area contributed by atoms with E-state index in [1.807, 2.05) is 30.3 Å². The maximum Gasteiger partial charge on any atom is 0.312 e. The van der Waals surface area contributed by atoms with Gasteiger partial charge in [0.15, 0.2) is 0 Å². The molecule has 1 aromatic heterocycles. The van der Waals surface area contributed by atoms with E-state index < -0.39 is 28.3 Å². The molecule has 2 heterocycles. The van der Waals surface area contributed by atoms with E-state index in [-0.39, 0.29) is 18.7 Å². The van der Waals surface area contributed by atoms with Crippen molar-refractivity contribution in [1.29, 1.82) is 0 Å². The van der Waals surface area contributed by atoms with Crippen LogP contribution in [0.3, 0.4) is 0 Å². The SMILES string of the molecule is O=C(Cn1ncn(-c2ccccc2)c1=S)NN=Cc1ccc(OC(=O)CC2SC(=O)NC2=O)cc1. The Hall–Kier alpha value is -4.10. The van der Waals surface area contributed by atoms with Gasteiger partial charge in [0.2, 0.25) is 10.7 Å². The molecule has 0 radical (unpaired) electrons. The summed E-state index contributed by atoms with van der Waals surface area (Å²) in [6.07, 6.45) is 2.75. The van der Waals surface area contributed by atoms with Gasteiger partial charge < -0.3 is 4.74 Å². The zero-order chi connectivity index (χ0) is 24.8. The number of esters is 1. The Bertz CT molecular complexity index is 1350. The molecular formula is C22H18N6O5S2. The van der Waals surface area contributed by atoms with Crippen LogP contribution >= 0.6 is 24.0 Å². The average Bonchev–Trinajstić information content (AvgIpc) is 3.35. The van der Waals surface area contributed by atoms with Gasteiger partial charge in [-0.25, -0.2) is 10.1 Å². The summed E-state index contributed by atoms with van der Waals surface area (Å²) in [5.74, 6) is -1.27. The number of ether oxygens (including phenoxy) is 1. The van der Waals surface area contributed by atoms with Gasteiger partial charge in [-0.15, -0.1) is 0 Å². The Morgan fingerprint density at radius 2 is 1.91 bits per heavy atom. The summed E-state index contributed by atoms with van der Waals surface area (Å²) in [5, 5.41) is 8.92. The van der Waals surface area contributed by atoms with Crippen molar-refractivity contribution in [2.45, 2.75) is 18.2 Å². The number of hydrazone groups is 1. The number of thioether (sulfide) groups is 1. The minimum atomic E-state index is -0.785. The lowest BCUT2D eigenvalue weighted by Gasteiger charge is -2.06. The number of hydrogen-bond donors (Lipinski definition) is 2. The molecule has 178 valence electrons. The highest BCUT2D eigenvalue weighted by Crippen LogP contribution is 2.23. The Morgan fingerprint density at radius 3 is 2.60 bits per heavy atom. The standard InChI is InChI=1S/C22H18N6O5S2/c29-18(12-28-22(34)27(13-24-28)15-4-2-1-3-5-15)26-23-11-14-6-8-16(9-7-14)33-19(30)10-17-20(31)25-21(32)35-17/h1-9,11,13,17H,10,12H2,(H,26,29)(H,25,31,32). The van der Waals surface area contributed by atoms with Crippen LogP contribution in [0.4, 0.5) is 4.79 Å². The predicted molar refractivity (Wildman–Crippen MR) is 130 cm³/mol. The lowest BCUT2D eigenvalue weighted by Crippen LogP contribution is -2.27. The van der Waals surface area contributed by atoms with Crippen molar-refractivity contribution in [1.82, 2.24) is 25.1 Å². The molecule has 3 amide bonds. The van der Waals surface area contributed by atoms with E-state index in [0.29, 0.717) is 10.3 Å². The van der Waals surface area contributed by atoms with E-state index in [1.54, 1.807) is 35.2 Å². The van der Waals surface area contributed by atoms with Gasteiger partial charge in [0, 0.05) is 5.69 Å². The third kappa shape index (κ3) is 6.28. The van der Waals surface area contributed by atoms with Crippen molar-refractivity contribution in [2.75, 3.05) is 0 Å². The summed E-state index contributed by atoms with van der Waals surface area (Å²) in [6, 6.07) is 15.8. The number of carbonyl (C=O) groups excluding carboxylic acids is 4. The van der Waals surface area contributed by atoms with Gasteiger partial charge in [0.25, 0.3) is 11.1 Å². The van der Waals surface area contributed by atoms with Crippen LogP contribution in [0.5, 0.6) is 5.75 Å². The van der Waals surface area contributed by atoms with Gasteiger partial charge in [0.1, 0.15) is 23.9 Å². The van der Waals surface area contributed by atoms with E-state index in [2.05, 4.69) is 20.9 Å². The number of nitrogens with one attached hydrogen (secondary N) is 2. The smallest absolute Gasteiger partial charge is 0.312 e. The van der Waals surface area contributed by atoms with E-state index in [4.69, 9.17) is 17.0 Å². The average molecular weight is 511 g/mol. The zero-order valence-electron chi connectivity index (χ0n) is 18.0.